The maximum Gasteiger partial charge on any atom is 0.347 e. The van der Waals surface area contributed by atoms with E-state index in [0.717, 1.165) is 17.0 Å². The lowest BCUT2D eigenvalue weighted by Crippen LogP contribution is -2.00. The number of nitrogens with zero attached hydrogens (tertiary/aromatic N) is 1. The Morgan fingerprint density at radius 3 is 2.74 bits per heavy atom. The van der Waals surface area contributed by atoms with Crippen LogP contribution in [-0.2, 0) is 12.8 Å². The fourth-order valence-electron chi connectivity index (χ4n) is 1.68. The lowest BCUT2D eigenvalue weighted by atomic mass is 10.1. The molecule has 0 atom stereocenters. The highest BCUT2D eigenvalue weighted by atomic mass is 35.5. The van der Waals surface area contributed by atoms with Gasteiger partial charge < -0.3 is 5.11 Å². The van der Waals surface area contributed by atoms with Crippen LogP contribution < -0.4 is 0 Å². The number of carboxylic acids is 1. The Hall–Kier alpha value is -1.10. The van der Waals surface area contributed by atoms with Gasteiger partial charge in [-0.3, -0.25) is 0 Å². The number of carboxylic acid groups (broad SMARTS) is 1. The molecule has 0 saturated carbocycles. The molecule has 0 saturated heterocycles. The summed E-state index contributed by atoms with van der Waals surface area (Å²) in [6.45, 7) is 1.95. The van der Waals surface area contributed by atoms with Crippen LogP contribution in [0.15, 0.2) is 18.2 Å². The van der Waals surface area contributed by atoms with E-state index in [-0.39, 0.29) is 4.88 Å². The van der Waals surface area contributed by atoms with Gasteiger partial charge in [0.15, 0.2) is 0 Å². The van der Waals surface area contributed by atoms with Crippen LogP contribution >= 0.6 is 34.5 Å². The lowest BCUT2D eigenvalue weighted by Gasteiger charge is -2.03. The Morgan fingerprint density at radius 1 is 1.42 bits per heavy atom. The SMILES string of the molecule is CCc1nc(Cc2ccc(Cl)cc2Cl)c(C(=O)O)s1. The van der Waals surface area contributed by atoms with Crippen molar-refractivity contribution in [3.05, 3.63) is 49.4 Å². The predicted octanol–water partition coefficient (Wildman–Crippen LogP) is 4.30. The number of hydrogen-bond acceptors (Lipinski definition) is 3. The van der Waals surface area contributed by atoms with E-state index in [2.05, 4.69) is 4.98 Å². The molecule has 0 aliphatic heterocycles. The monoisotopic (exact) mass is 315 g/mol. The molecule has 100 valence electrons. The van der Waals surface area contributed by atoms with Crippen LogP contribution in [0, 0.1) is 0 Å². The average Bonchev–Trinajstić information content (AvgIpc) is 2.76. The normalized spacial score (nSPS) is 10.7. The minimum absolute atomic E-state index is 0.280. The first-order valence-corrected chi connectivity index (χ1v) is 7.24. The Bertz CT molecular complexity index is 625. The highest BCUT2D eigenvalue weighted by Gasteiger charge is 2.17. The number of aromatic carboxylic acids is 1. The van der Waals surface area contributed by atoms with Gasteiger partial charge >= 0.3 is 5.97 Å². The van der Waals surface area contributed by atoms with Crippen LogP contribution in [0.3, 0.4) is 0 Å². The van der Waals surface area contributed by atoms with Crippen molar-refractivity contribution in [3.8, 4) is 0 Å². The average molecular weight is 316 g/mol. The van der Waals surface area contributed by atoms with Crippen molar-refractivity contribution in [2.24, 2.45) is 0 Å². The molecule has 0 radical (unpaired) electrons. The van der Waals surface area contributed by atoms with Crippen molar-refractivity contribution in [2.45, 2.75) is 19.8 Å². The molecule has 0 amide bonds. The predicted molar refractivity (Wildman–Crippen MR) is 77.7 cm³/mol. The summed E-state index contributed by atoms with van der Waals surface area (Å²) in [7, 11) is 0. The van der Waals surface area contributed by atoms with Crippen LogP contribution in [0.1, 0.15) is 32.9 Å². The molecule has 2 aromatic rings. The molecule has 0 fully saturated rings. The number of aryl methyl sites for hydroxylation is 1. The Balaban J connectivity index is 2.37. The molecule has 0 bridgehead atoms. The van der Waals surface area contributed by atoms with Crippen LogP contribution in [0.5, 0.6) is 0 Å². The van der Waals surface area contributed by atoms with Crippen molar-refractivity contribution in [2.75, 3.05) is 0 Å². The van der Waals surface area contributed by atoms with Crippen molar-refractivity contribution in [1.29, 1.82) is 0 Å². The van der Waals surface area contributed by atoms with Gasteiger partial charge in [-0.25, -0.2) is 9.78 Å². The molecule has 0 aliphatic rings. The first-order chi connectivity index (χ1) is 9.01. The molecule has 2 rings (SSSR count). The zero-order valence-electron chi connectivity index (χ0n) is 10.1. The van der Waals surface area contributed by atoms with E-state index >= 15 is 0 Å². The van der Waals surface area contributed by atoms with E-state index in [1.54, 1.807) is 18.2 Å². The van der Waals surface area contributed by atoms with Gasteiger partial charge in [0.05, 0.1) is 10.7 Å². The van der Waals surface area contributed by atoms with Crippen LogP contribution in [0.25, 0.3) is 0 Å². The van der Waals surface area contributed by atoms with Crippen LogP contribution in [0.2, 0.25) is 10.0 Å². The van der Waals surface area contributed by atoms with Gasteiger partial charge in [0, 0.05) is 16.5 Å². The number of halogens is 2. The molecular formula is C13H11Cl2NO2S. The van der Waals surface area contributed by atoms with Crippen molar-refractivity contribution in [1.82, 2.24) is 4.98 Å². The number of rotatable bonds is 4. The summed E-state index contributed by atoms with van der Waals surface area (Å²) in [6.07, 6.45) is 1.12. The maximum atomic E-state index is 11.2. The number of benzene rings is 1. The summed E-state index contributed by atoms with van der Waals surface area (Å²) in [5.41, 5.74) is 1.38. The highest BCUT2D eigenvalue weighted by Crippen LogP contribution is 2.26. The molecule has 1 aromatic heterocycles. The molecule has 1 heterocycles. The van der Waals surface area contributed by atoms with Gasteiger partial charge in [-0.05, 0) is 24.1 Å². The van der Waals surface area contributed by atoms with E-state index in [9.17, 15) is 9.90 Å². The molecule has 1 N–H and O–H groups in total. The van der Waals surface area contributed by atoms with E-state index in [0.29, 0.717) is 22.2 Å². The first-order valence-electron chi connectivity index (χ1n) is 5.67. The summed E-state index contributed by atoms with van der Waals surface area (Å²) in [5, 5.41) is 11.1. The summed E-state index contributed by atoms with van der Waals surface area (Å²) in [4.78, 5) is 15.8. The summed E-state index contributed by atoms with van der Waals surface area (Å²) in [6, 6.07) is 5.17. The van der Waals surface area contributed by atoms with Crippen molar-refractivity contribution < 1.29 is 9.90 Å². The molecule has 3 nitrogen and oxygen atoms in total. The fourth-order valence-corrected chi connectivity index (χ4v) is 3.02. The van der Waals surface area contributed by atoms with E-state index in [4.69, 9.17) is 23.2 Å². The second-order valence-corrected chi connectivity index (χ2v) is 5.88. The summed E-state index contributed by atoms with van der Waals surface area (Å²) < 4.78 is 0. The third kappa shape index (κ3) is 3.26. The Labute approximate surface area is 124 Å². The largest absolute Gasteiger partial charge is 0.477 e. The number of hydrogen-bond donors (Lipinski definition) is 1. The molecule has 0 spiro atoms. The quantitative estimate of drug-likeness (QED) is 0.915. The molecule has 0 aliphatic carbocycles. The third-order valence-electron chi connectivity index (χ3n) is 2.61. The third-order valence-corrected chi connectivity index (χ3v) is 4.43. The van der Waals surface area contributed by atoms with Gasteiger partial charge in [-0.1, -0.05) is 36.2 Å². The van der Waals surface area contributed by atoms with E-state index < -0.39 is 5.97 Å². The standard InChI is InChI=1S/C13H11Cl2NO2S/c1-2-11-16-10(12(19-11)13(17)18)5-7-3-4-8(14)6-9(7)15/h3-4,6H,2,5H2,1H3,(H,17,18). The Morgan fingerprint density at radius 2 is 2.16 bits per heavy atom. The second kappa shape index (κ2) is 5.90. The van der Waals surface area contributed by atoms with Crippen molar-refractivity contribution >= 4 is 40.5 Å². The maximum absolute atomic E-state index is 11.2. The van der Waals surface area contributed by atoms with Gasteiger partial charge in [-0.2, -0.15) is 0 Å². The van der Waals surface area contributed by atoms with Crippen LogP contribution in [0.4, 0.5) is 0 Å². The molecule has 1 aromatic carbocycles. The van der Waals surface area contributed by atoms with Crippen molar-refractivity contribution in [3.63, 3.8) is 0 Å². The number of thiazole rings is 1. The number of carbonyl (C=O) groups is 1. The smallest absolute Gasteiger partial charge is 0.347 e. The van der Waals surface area contributed by atoms with E-state index in [1.807, 2.05) is 6.92 Å². The fraction of sp³-hybridized carbons (Fsp3) is 0.231. The molecule has 0 unspecified atom stereocenters. The highest BCUT2D eigenvalue weighted by molar-refractivity contribution is 7.13. The van der Waals surface area contributed by atoms with E-state index in [1.165, 1.54) is 11.3 Å². The molecular weight excluding hydrogens is 305 g/mol. The molecule has 6 heteroatoms. The minimum atomic E-state index is -0.947. The van der Waals surface area contributed by atoms with Gasteiger partial charge in [0.1, 0.15) is 4.88 Å². The first kappa shape index (κ1) is 14.3. The van der Waals surface area contributed by atoms with Gasteiger partial charge in [0.25, 0.3) is 0 Å². The molecule has 19 heavy (non-hydrogen) atoms. The number of aromatic nitrogens is 1. The lowest BCUT2D eigenvalue weighted by molar-refractivity contribution is 0.0701. The Kier molecular flexibility index (Phi) is 4.45. The van der Waals surface area contributed by atoms with Crippen LogP contribution in [-0.4, -0.2) is 16.1 Å². The van der Waals surface area contributed by atoms with Gasteiger partial charge in [0.2, 0.25) is 0 Å². The van der Waals surface area contributed by atoms with Gasteiger partial charge in [-0.15, -0.1) is 11.3 Å². The summed E-state index contributed by atoms with van der Waals surface area (Å²) >= 11 is 13.1. The zero-order chi connectivity index (χ0) is 14.0. The minimum Gasteiger partial charge on any atom is -0.477 e. The topological polar surface area (TPSA) is 50.2 Å². The second-order valence-electron chi connectivity index (χ2n) is 3.95. The zero-order valence-corrected chi connectivity index (χ0v) is 12.4. The summed E-state index contributed by atoms with van der Waals surface area (Å²) in [5.74, 6) is -0.947.